The van der Waals surface area contributed by atoms with E-state index < -0.39 is 11.9 Å². The summed E-state index contributed by atoms with van der Waals surface area (Å²) in [5.74, 6) is 3.18. The molecule has 8 aliphatic rings. The van der Waals surface area contributed by atoms with Crippen LogP contribution in [0.25, 0.3) is 0 Å². The van der Waals surface area contributed by atoms with Gasteiger partial charge in [-0.2, -0.15) is 0 Å². The topological polar surface area (TPSA) is 54.4 Å². The Bertz CT molecular complexity index is 607. The normalized spacial score (nSPS) is 52.9. The van der Waals surface area contributed by atoms with Crippen LogP contribution in [0.15, 0.2) is 0 Å². The Balaban J connectivity index is 1.27. The predicted octanol–water partition coefficient (Wildman–Crippen LogP) is 5.08. The standard InChI is InChI=1S/C24H34O3/c25-20(13-23-7-14-1-15(8-23)3-16(2-14)9-23)21(22(26)27)24-10-17-4-18(11-24)6-19(5-17)12-24/h14-19,21H,1-13H2,(H,26,27). The number of hydrogen-bond acceptors (Lipinski definition) is 2. The number of carboxylic acids is 1. The predicted molar refractivity (Wildman–Crippen MR) is 102 cm³/mol. The van der Waals surface area contributed by atoms with Gasteiger partial charge in [-0.3, -0.25) is 9.59 Å². The lowest BCUT2D eigenvalue weighted by Crippen LogP contribution is -2.54. The molecule has 8 fully saturated rings. The van der Waals surface area contributed by atoms with Crippen molar-refractivity contribution in [1.82, 2.24) is 0 Å². The van der Waals surface area contributed by atoms with Crippen LogP contribution in [-0.2, 0) is 9.59 Å². The molecule has 0 aromatic heterocycles. The third-order valence-corrected chi connectivity index (χ3v) is 9.98. The van der Waals surface area contributed by atoms with E-state index in [2.05, 4.69) is 0 Å². The molecule has 0 saturated heterocycles. The highest BCUT2D eigenvalue weighted by molar-refractivity contribution is 5.99. The van der Waals surface area contributed by atoms with Crippen LogP contribution in [0, 0.1) is 52.3 Å². The number of ketones is 1. The third-order valence-electron chi connectivity index (χ3n) is 9.98. The number of hydrogen-bond donors (Lipinski definition) is 1. The molecule has 148 valence electrons. The van der Waals surface area contributed by atoms with Crippen LogP contribution < -0.4 is 0 Å². The summed E-state index contributed by atoms with van der Waals surface area (Å²) in [7, 11) is 0. The van der Waals surface area contributed by atoms with Crippen LogP contribution >= 0.6 is 0 Å². The minimum absolute atomic E-state index is 0.117. The molecule has 8 rings (SSSR count). The summed E-state index contributed by atoms with van der Waals surface area (Å²) in [5, 5.41) is 10.2. The van der Waals surface area contributed by atoms with E-state index in [1.807, 2.05) is 0 Å². The van der Waals surface area contributed by atoms with Crippen molar-refractivity contribution < 1.29 is 14.7 Å². The molecule has 0 spiro atoms. The highest BCUT2D eigenvalue weighted by Crippen LogP contribution is 2.65. The van der Waals surface area contributed by atoms with E-state index in [9.17, 15) is 14.7 Å². The molecule has 1 N–H and O–H groups in total. The fourth-order valence-corrected chi connectivity index (χ4v) is 10.3. The first-order valence-electron chi connectivity index (χ1n) is 11.7. The van der Waals surface area contributed by atoms with Crippen molar-refractivity contribution in [1.29, 1.82) is 0 Å². The van der Waals surface area contributed by atoms with Gasteiger partial charge in [-0.1, -0.05) is 0 Å². The highest BCUT2D eigenvalue weighted by atomic mass is 16.4. The molecular weight excluding hydrogens is 336 g/mol. The van der Waals surface area contributed by atoms with Crippen molar-refractivity contribution in [2.75, 3.05) is 0 Å². The first kappa shape index (κ1) is 17.0. The van der Waals surface area contributed by atoms with Gasteiger partial charge in [0.05, 0.1) is 0 Å². The monoisotopic (exact) mass is 370 g/mol. The second-order valence-electron chi connectivity index (χ2n) is 12.1. The highest BCUT2D eigenvalue weighted by Gasteiger charge is 2.59. The second kappa shape index (κ2) is 5.60. The van der Waals surface area contributed by atoms with Gasteiger partial charge >= 0.3 is 5.97 Å². The van der Waals surface area contributed by atoms with E-state index in [1.165, 1.54) is 57.8 Å². The molecule has 8 aliphatic carbocycles. The van der Waals surface area contributed by atoms with Crippen LogP contribution in [0.5, 0.6) is 0 Å². The van der Waals surface area contributed by atoms with Crippen LogP contribution in [0.2, 0.25) is 0 Å². The molecule has 0 heterocycles. The molecule has 0 aromatic rings. The summed E-state index contributed by atoms with van der Waals surface area (Å²) in [5.41, 5.74) is -0.0260. The largest absolute Gasteiger partial charge is 0.481 e. The molecule has 0 aliphatic heterocycles. The average molecular weight is 371 g/mol. The summed E-state index contributed by atoms with van der Waals surface area (Å²) in [4.78, 5) is 26.0. The lowest BCUT2D eigenvalue weighted by atomic mass is 9.44. The van der Waals surface area contributed by atoms with Crippen molar-refractivity contribution in [2.45, 2.75) is 83.5 Å². The Morgan fingerprint density at radius 1 is 0.704 bits per heavy atom. The zero-order chi connectivity index (χ0) is 18.4. The van der Waals surface area contributed by atoms with Crippen LogP contribution in [0.1, 0.15) is 83.5 Å². The first-order valence-corrected chi connectivity index (χ1v) is 11.7. The maximum absolute atomic E-state index is 13.6. The SMILES string of the molecule is O=C(O)C(C(=O)CC12CC3CC(CC(C3)C1)C2)C12CC3CC(CC(C3)C1)C2. The molecule has 3 nitrogen and oxygen atoms in total. The number of carbonyl (C=O) groups is 2. The van der Waals surface area contributed by atoms with E-state index in [0.29, 0.717) is 24.2 Å². The Labute approximate surface area is 162 Å². The fraction of sp³-hybridized carbons (Fsp3) is 0.917. The van der Waals surface area contributed by atoms with Crippen molar-refractivity contribution >= 4 is 11.8 Å². The van der Waals surface area contributed by atoms with Gasteiger partial charge in [-0.25, -0.2) is 0 Å². The summed E-state index contributed by atoms with van der Waals surface area (Å²) in [6, 6.07) is 0. The lowest BCUT2D eigenvalue weighted by Gasteiger charge is -2.59. The van der Waals surface area contributed by atoms with Gasteiger partial charge in [0, 0.05) is 6.42 Å². The molecule has 0 aromatic carbocycles. The molecule has 1 unspecified atom stereocenters. The molecule has 1 atom stereocenters. The number of carboxylic acid groups (broad SMARTS) is 1. The van der Waals surface area contributed by atoms with E-state index in [1.54, 1.807) is 0 Å². The Morgan fingerprint density at radius 3 is 1.44 bits per heavy atom. The maximum atomic E-state index is 13.6. The number of aliphatic carboxylic acids is 1. The van der Waals surface area contributed by atoms with Crippen molar-refractivity contribution in [3.05, 3.63) is 0 Å². The molecule has 27 heavy (non-hydrogen) atoms. The summed E-state index contributed by atoms with van der Waals surface area (Å²) in [6.07, 6.45) is 15.3. The summed E-state index contributed by atoms with van der Waals surface area (Å²) < 4.78 is 0. The van der Waals surface area contributed by atoms with Gasteiger partial charge in [0.1, 0.15) is 11.7 Å². The minimum atomic E-state index is -0.799. The van der Waals surface area contributed by atoms with E-state index in [4.69, 9.17) is 0 Å². The smallest absolute Gasteiger partial charge is 0.314 e. The number of carbonyl (C=O) groups excluding carboxylic acids is 1. The molecule has 0 amide bonds. The third kappa shape index (κ3) is 2.59. The van der Waals surface area contributed by atoms with Gasteiger partial charge in [-0.15, -0.1) is 0 Å². The average Bonchev–Trinajstić information content (AvgIpc) is 2.50. The van der Waals surface area contributed by atoms with Gasteiger partial charge in [0.15, 0.2) is 0 Å². The van der Waals surface area contributed by atoms with E-state index in [0.717, 1.165) is 37.0 Å². The second-order valence-corrected chi connectivity index (χ2v) is 12.1. The van der Waals surface area contributed by atoms with Crippen LogP contribution in [0.4, 0.5) is 0 Å². The maximum Gasteiger partial charge on any atom is 0.314 e. The van der Waals surface area contributed by atoms with E-state index >= 15 is 0 Å². The first-order chi connectivity index (χ1) is 12.9. The van der Waals surface area contributed by atoms with Crippen molar-refractivity contribution in [2.24, 2.45) is 52.3 Å². The molecule has 8 saturated carbocycles. The Kier molecular flexibility index (Phi) is 3.53. The number of rotatable bonds is 5. The molecule has 8 bridgehead atoms. The van der Waals surface area contributed by atoms with Gasteiger partial charge in [0.2, 0.25) is 0 Å². The molecule has 0 radical (unpaired) electrons. The van der Waals surface area contributed by atoms with E-state index in [-0.39, 0.29) is 16.6 Å². The molecule has 3 heteroatoms. The van der Waals surface area contributed by atoms with Crippen LogP contribution in [0.3, 0.4) is 0 Å². The van der Waals surface area contributed by atoms with Gasteiger partial charge in [-0.05, 0) is 123 Å². The Morgan fingerprint density at radius 2 is 1.07 bits per heavy atom. The minimum Gasteiger partial charge on any atom is -0.481 e. The summed E-state index contributed by atoms with van der Waals surface area (Å²) >= 11 is 0. The van der Waals surface area contributed by atoms with Gasteiger partial charge < -0.3 is 5.11 Å². The zero-order valence-corrected chi connectivity index (χ0v) is 16.5. The zero-order valence-electron chi connectivity index (χ0n) is 16.5. The molecular formula is C24H34O3. The van der Waals surface area contributed by atoms with Gasteiger partial charge in [0.25, 0.3) is 0 Å². The summed E-state index contributed by atoms with van der Waals surface area (Å²) in [6.45, 7) is 0. The fourth-order valence-electron chi connectivity index (χ4n) is 10.3. The quantitative estimate of drug-likeness (QED) is 0.687. The van der Waals surface area contributed by atoms with Crippen molar-refractivity contribution in [3.63, 3.8) is 0 Å². The lowest BCUT2D eigenvalue weighted by molar-refractivity contribution is -0.166. The Hall–Kier alpha value is -0.860. The van der Waals surface area contributed by atoms with Crippen molar-refractivity contribution in [3.8, 4) is 0 Å². The number of Topliss-reactive ketones (excluding diaryl/α,β-unsaturated/α-hetero) is 1. The van der Waals surface area contributed by atoms with Crippen LogP contribution in [-0.4, -0.2) is 16.9 Å².